The van der Waals surface area contributed by atoms with Crippen LogP contribution in [0.2, 0.25) is 0 Å². The Labute approximate surface area is 148 Å². The summed E-state index contributed by atoms with van der Waals surface area (Å²) in [5.41, 5.74) is 3.22. The molecule has 0 spiro atoms. The summed E-state index contributed by atoms with van der Waals surface area (Å²) in [5.74, 6) is 0.442. The third-order valence-corrected chi connectivity index (χ3v) is 4.01. The lowest BCUT2D eigenvalue weighted by Crippen LogP contribution is -2.28. The van der Waals surface area contributed by atoms with Gasteiger partial charge >= 0.3 is 0 Å². The maximum atomic E-state index is 12.3. The number of aromatic nitrogens is 5. The first-order chi connectivity index (χ1) is 12.8. The lowest BCUT2D eigenvalue weighted by molar-refractivity contribution is 0.0937. The Morgan fingerprint density at radius 1 is 1.08 bits per heavy atom. The predicted molar refractivity (Wildman–Crippen MR) is 95.0 cm³/mol. The Kier molecular flexibility index (Phi) is 4.16. The van der Waals surface area contributed by atoms with Crippen molar-refractivity contribution in [3.05, 3.63) is 67.1 Å². The minimum Gasteiger partial charge on any atom is -0.395 e. The molecule has 0 unspecified atom stereocenters. The molecule has 0 aromatic carbocycles. The third kappa shape index (κ3) is 2.82. The van der Waals surface area contributed by atoms with Crippen LogP contribution in [0.25, 0.3) is 22.5 Å². The van der Waals surface area contributed by atoms with Crippen molar-refractivity contribution >= 4 is 11.4 Å². The number of nitrogens with one attached hydrogen (secondary N) is 1. The maximum absolute atomic E-state index is 12.3. The van der Waals surface area contributed by atoms with E-state index in [0.29, 0.717) is 5.69 Å². The van der Waals surface area contributed by atoms with Crippen molar-refractivity contribution < 1.29 is 9.90 Å². The summed E-state index contributed by atoms with van der Waals surface area (Å²) in [6.45, 7) is 0.0769. The molecule has 0 radical (unpaired) electrons. The standard InChI is InChI=1S/C18H16N6O2/c25-8-7-21-18(26)16-5-6-22-24(16)17-4-3-15-2-1-13(11-23(15)17)14-9-19-12-20-10-14/h1-6,9-12,25H,7-8H2,(H,21,26). The highest BCUT2D eigenvalue weighted by molar-refractivity contribution is 5.93. The van der Waals surface area contributed by atoms with Crippen LogP contribution in [0.15, 0.2) is 61.4 Å². The molecule has 2 N–H and O–H groups in total. The molecule has 4 rings (SSSR count). The summed E-state index contributed by atoms with van der Waals surface area (Å²) in [7, 11) is 0. The Morgan fingerprint density at radius 3 is 2.69 bits per heavy atom. The molecule has 0 aliphatic heterocycles. The van der Waals surface area contributed by atoms with Crippen molar-refractivity contribution in [1.82, 2.24) is 29.5 Å². The van der Waals surface area contributed by atoms with Gasteiger partial charge in [-0.25, -0.2) is 14.6 Å². The molecule has 4 aromatic rings. The Morgan fingerprint density at radius 2 is 1.88 bits per heavy atom. The van der Waals surface area contributed by atoms with Crippen LogP contribution in [0.4, 0.5) is 0 Å². The van der Waals surface area contributed by atoms with Gasteiger partial charge in [-0.15, -0.1) is 0 Å². The zero-order valence-corrected chi connectivity index (χ0v) is 13.8. The fourth-order valence-electron chi connectivity index (χ4n) is 2.80. The monoisotopic (exact) mass is 348 g/mol. The van der Waals surface area contributed by atoms with Crippen molar-refractivity contribution in [2.24, 2.45) is 0 Å². The number of amides is 1. The fraction of sp³-hybridized carbons (Fsp3) is 0.111. The molecule has 8 heteroatoms. The van der Waals surface area contributed by atoms with Crippen molar-refractivity contribution in [2.75, 3.05) is 13.2 Å². The molecule has 0 aliphatic carbocycles. The molecular formula is C18H16N6O2. The number of carbonyl (C=O) groups excluding carboxylic acids is 1. The first kappa shape index (κ1) is 16.0. The third-order valence-electron chi connectivity index (χ3n) is 4.01. The molecule has 4 heterocycles. The second-order valence-electron chi connectivity index (χ2n) is 5.64. The Hall–Kier alpha value is -3.52. The number of fused-ring (bicyclic) bond motifs is 1. The van der Waals surface area contributed by atoms with Crippen LogP contribution in [-0.2, 0) is 0 Å². The largest absolute Gasteiger partial charge is 0.395 e. The number of nitrogens with zero attached hydrogens (tertiary/aromatic N) is 5. The molecule has 8 nitrogen and oxygen atoms in total. The topological polar surface area (TPSA) is 97.3 Å². The number of aliphatic hydroxyl groups is 1. The average Bonchev–Trinajstić information content (AvgIpc) is 3.32. The lowest BCUT2D eigenvalue weighted by atomic mass is 10.1. The zero-order chi connectivity index (χ0) is 17.9. The van der Waals surface area contributed by atoms with Crippen molar-refractivity contribution in [2.45, 2.75) is 0 Å². The Balaban J connectivity index is 1.79. The first-order valence-corrected chi connectivity index (χ1v) is 8.08. The van der Waals surface area contributed by atoms with E-state index in [1.165, 1.54) is 6.33 Å². The summed E-state index contributed by atoms with van der Waals surface area (Å²) < 4.78 is 3.53. The van der Waals surface area contributed by atoms with Gasteiger partial charge in [-0.05, 0) is 24.3 Å². The summed E-state index contributed by atoms with van der Waals surface area (Å²) in [5, 5.41) is 15.8. The van der Waals surface area contributed by atoms with Gasteiger partial charge in [-0.2, -0.15) is 5.10 Å². The normalized spacial score (nSPS) is 11.0. The molecule has 130 valence electrons. The SMILES string of the molecule is O=C(NCCO)c1ccnn1-c1ccc2ccc(-c3cncnc3)cn12. The molecule has 1 amide bonds. The van der Waals surface area contributed by atoms with E-state index in [1.54, 1.807) is 29.3 Å². The number of carbonyl (C=O) groups is 1. The minimum absolute atomic E-state index is 0.115. The number of pyridine rings is 1. The molecule has 0 atom stereocenters. The highest BCUT2D eigenvalue weighted by Crippen LogP contribution is 2.22. The minimum atomic E-state index is -0.292. The summed E-state index contributed by atoms with van der Waals surface area (Å²) in [4.78, 5) is 20.4. The van der Waals surface area contributed by atoms with Gasteiger partial charge < -0.3 is 14.8 Å². The van der Waals surface area contributed by atoms with Crippen LogP contribution in [0.5, 0.6) is 0 Å². The quantitative estimate of drug-likeness (QED) is 0.567. The Bertz CT molecular complexity index is 1050. The van der Waals surface area contributed by atoms with Gasteiger partial charge in [0.2, 0.25) is 0 Å². The van der Waals surface area contributed by atoms with Crippen molar-refractivity contribution in [3.8, 4) is 16.9 Å². The van der Waals surface area contributed by atoms with Crippen LogP contribution in [0.3, 0.4) is 0 Å². The molecule has 0 saturated carbocycles. The highest BCUT2D eigenvalue weighted by atomic mass is 16.3. The lowest BCUT2D eigenvalue weighted by Gasteiger charge is -2.09. The van der Waals surface area contributed by atoms with Gasteiger partial charge in [0.05, 0.1) is 12.8 Å². The first-order valence-electron chi connectivity index (χ1n) is 8.08. The highest BCUT2D eigenvalue weighted by Gasteiger charge is 2.15. The molecule has 0 bridgehead atoms. The van der Waals surface area contributed by atoms with E-state index >= 15 is 0 Å². The van der Waals surface area contributed by atoms with Gasteiger partial charge in [0.1, 0.15) is 17.8 Å². The predicted octanol–water partition coefficient (Wildman–Crippen LogP) is 1.30. The van der Waals surface area contributed by atoms with Crippen LogP contribution >= 0.6 is 0 Å². The van der Waals surface area contributed by atoms with Crippen LogP contribution in [-0.4, -0.2) is 48.3 Å². The van der Waals surface area contributed by atoms with Gasteiger partial charge in [0.25, 0.3) is 5.91 Å². The second-order valence-corrected chi connectivity index (χ2v) is 5.64. The van der Waals surface area contributed by atoms with Crippen LogP contribution < -0.4 is 5.32 Å². The van der Waals surface area contributed by atoms with E-state index < -0.39 is 0 Å². The van der Waals surface area contributed by atoms with E-state index in [9.17, 15) is 4.79 Å². The van der Waals surface area contributed by atoms with Gasteiger partial charge in [0.15, 0.2) is 0 Å². The van der Waals surface area contributed by atoms with Crippen molar-refractivity contribution in [3.63, 3.8) is 0 Å². The van der Waals surface area contributed by atoms with Gasteiger partial charge in [-0.3, -0.25) is 4.79 Å². The smallest absolute Gasteiger partial charge is 0.270 e. The number of hydrogen-bond donors (Lipinski definition) is 2. The molecule has 0 saturated heterocycles. The van der Waals surface area contributed by atoms with Crippen LogP contribution in [0, 0.1) is 0 Å². The summed E-state index contributed by atoms with van der Waals surface area (Å²) in [6.07, 6.45) is 8.52. The van der Waals surface area contributed by atoms with E-state index in [0.717, 1.165) is 22.5 Å². The molecular weight excluding hydrogens is 332 g/mol. The number of hydrogen-bond acceptors (Lipinski definition) is 5. The average molecular weight is 348 g/mol. The molecule has 0 fully saturated rings. The number of rotatable bonds is 5. The molecule has 26 heavy (non-hydrogen) atoms. The van der Waals surface area contributed by atoms with Crippen molar-refractivity contribution in [1.29, 1.82) is 0 Å². The van der Waals surface area contributed by atoms with Gasteiger partial charge in [0, 0.05) is 41.8 Å². The van der Waals surface area contributed by atoms with E-state index in [1.807, 2.05) is 34.9 Å². The number of aliphatic hydroxyl groups excluding tert-OH is 1. The second kappa shape index (κ2) is 6.77. The van der Waals surface area contributed by atoms with E-state index in [-0.39, 0.29) is 19.1 Å². The fourth-order valence-corrected chi connectivity index (χ4v) is 2.80. The summed E-state index contributed by atoms with van der Waals surface area (Å²) >= 11 is 0. The molecule has 0 aliphatic rings. The van der Waals surface area contributed by atoms with Crippen LogP contribution in [0.1, 0.15) is 10.5 Å². The van der Waals surface area contributed by atoms with Gasteiger partial charge in [-0.1, -0.05) is 6.07 Å². The summed E-state index contributed by atoms with van der Waals surface area (Å²) in [6, 6.07) is 9.48. The zero-order valence-electron chi connectivity index (χ0n) is 13.8. The maximum Gasteiger partial charge on any atom is 0.270 e. The molecule has 4 aromatic heterocycles. The van der Waals surface area contributed by atoms with E-state index in [4.69, 9.17) is 5.11 Å². The van der Waals surface area contributed by atoms with E-state index in [2.05, 4.69) is 20.4 Å².